The van der Waals surface area contributed by atoms with Crippen LogP contribution in [0.15, 0.2) is 11.4 Å². The Balaban J connectivity index is 1.82. The monoisotopic (exact) mass is 253 g/mol. The average Bonchev–Trinajstić information content (AvgIpc) is 2.72. The zero-order valence-corrected chi connectivity index (χ0v) is 11.0. The summed E-state index contributed by atoms with van der Waals surface area (Å²) in [6, 6.07) is 1.74. The Kier molecular flexibility index (Phi) is 4.05. The molecule has 1 aromatic heterocycles. The molecule has 2 N–H and O–H groups in total. The fourth-order valence-electron chi connectivity index (χ4n) is 2.46. The van der Waals surface area contributed by atoms with Gasteiger partial charge >= 0.3 is 5.97 Å². The van der Waals surface area contributed by atoms with Gasteiger partial charge < -0.3 is 10.5 Å². The molecule has 17 heavy (non-hydrogen) atoms. The van der Waals surface area contributed by atoms with Gasteiger partial charge in [0.05, 0.1) is 12.3 Å². The molecule has 0 aromatic carbocycles. The molecule has 4 heteroatoms. The summed E-state index contributed by atoms with van der Waals surface area (Å²) in [5, 5.41) is 1.81. The van der Waals surface area contributed by atoms with Gasteiger partial charge in [0.25, 0.3) is 0 Å². The van der Waals surface area contributed by atoms with E-state index in [1.165, 1.54) is 37.0 Å². The topological polar surface area (TPSA) is 52.3 Å². The normalized spacial score (nSPS) is 24.5. The van der Waals surface area contributed by atoms with E-state index < -0.39 is 0 Å². The van der Waals surface area contributed by atoms with Gasteiger partial charge in [-0.15, -0.1) is 11.3 Å². The number of carbonyl (C=O) groups is 1. The molecule has 3 nitrogen and oxygen atoms in total. The molecule has 1 aliphatic carbocycles. The summed E-state index contributed by atoms with van der Waals surface area (Å²) in [4.78, 5) is 12.3. The standard InChI is InChI=1S/C13H19NO2S/c1-9-3-2-4-10(7-9)8-16-13(15)12-11(14)5-6-17-12/h5-6,9-10H,2-4,7-8,14H2,1H3. The highest BCUT2D eigenvalue weighted by Gasteiger charge is 2.21. The number of rotatable bonds is 3. The maximum Gasteiger partial charge on any atom is 0.350 e. The maximum atomic E-state index is 11.8. The van der Waals surface area contributed by atoms with Gasteiger partial charge in [-0.25, -0.2) is 4.79 Å². The van der Waals surface area contributed by atoms with E-state index in [4.69, 9.17) is 10.5 Å². The second-order valence-electron chi connectivity index (χ2n) is 4.94. The number of nitrogens with two attached hydrogens (primary N) is 1. The number of ether oxygens (including phenoxy) is 1. The molecule has 0 spiro atoms. The second-order valence-corrected chi connectivity index (χ2v) is 5.86. The van der Waals surface area contributed by atoms with Gasteiger partial charge in [-0.1, -0.05) is 19.8 Å². The van der Waals surface area contributed by atoms with Crippen LogP contribution in [0.4, 0.5) is 5.69 Å². The van der Waals surface area contributed by atoms with Gasteiger partial charge in [-0.05, 0) is 36.1 Å². The number of nitrogen functional groups attached to an aromatic ring is 1. The second kappa shape index (κ2) is 5.54. The van der Waals surface area contributed by atoms with Crippen LogP contribution in [0, 0.1) is 11.8 Å². The van der Waals surface area contributed by atoms with Crippen LogP contribution in [0.3, 0.4) is 0 Å². The van der Waals surface area contributed by atoms with Crippen molar-refractivity contribution in [2.45, 2.75) is 32.6 Å². The molecular formula is C13H19NO2S. The molecule has 0 saturated heterocycles. The molecule has 94 valence electrons. The number of esters is 1. The summed E-state index contributed by atoms with van der Waals surface area (Å²) < 4.78 is 5.35. The first-order chi connectivity index (χ1) is 8.16. The third kappa shape index (κ3) is 3.22. The number of hydrogen-bond acceptors (Lipinski definition) is 4. The van der Waals surface area contributed by atoms with Crippen LogP contribution in [-0.4, -0.2) is 12.6 Å². The number of hydrogen-bond donors (Lipinski definition) is 1. The van der Waals surface area contributed by atoms with Gasteiger partial charge in [-0.3, -0.25) is 0 Å². The van der Waals surface area contributed by atoms with Crippen LogP contribution < -0.4 is 5.73 Å². The third-order valence-corrected chi connectivity index (χ3v) is 4.29. The van der Waals surface area contributed by atoms with E-state index in [2.05, 4.69) is 6.92 Å². The Labute approximate surface area is 106 Å². The van der Waals surface area contributed by atoms with E-state index in [9.17, 15) is 4.79 Å². The van der Waals surface area contributed by atoms with E-state index >= 15 is 0 Å². The Morgan fingerprint density at radius 3 is 3.06 bits per heavy atom. The van der Waals surface area contributed by atoms with Crippen LogP contribution in [0.25, 0.3) is 0 Å². The Morgan fingerprint density at radius 1 is 1.59 bits per heavy atom. The van der Waals surface area contributed by atoms with Gasteiger partial charge in [0, 0.05) is 0 Å². The quantitative estimate of drug-likeness (QED) is 0.841. The van der Waals surface area contributed by atoms with Crippen molar-refractivity contribution in [2.75, 3.05) is 12.3 Å². The van der Waals surface area contributed by atoms with E-state index in [0.29, 0.717) is 23.1 Å². The van der Waals surface area contributed by atoms with Crippen molar-refractivity contribution in [2.24, 2.45) is 11.8 Å². The lowest BCUT2D eigenvalue weighted by atomic mass is 9.83. The highest BCUT2D eigenvalue weighted by atomic mass is 32.1. The molecule has 0 aliphatic heterocycles. The molecule has 0 bridgehead atoms. The summed E-state index contributed by atoms with van der Waals surface area (Å²) in [6.45, 7) is 2.81. The van der Waals surface area contributed by atoms with Crippen molar-refractivity contribution in [1.29, 1.82) is 0 Å². The molecule has 2 rings (SSSR count). The minimum Gasteiger partial charge on any atom is -0.461 e. The van der Waals surface area contributed by atoms with Crippen molar-refractivity contribution in [1.82, 2.24) is 0 Å². The third-order valence-electron chi connectivity index (χ3n) is 3.38. The summed E-state index contributed by atoms with van der Waals surface area (Å²) in [5.74, 6) is 1.03. The van der Waals surface area contributed by atoms with Crippen molar-refractivity contribution >= 4 is 23.0 Å². The van der Waals surface area contributed by atoms with Crippen molar-refractivity contribution < 1.29 is 9.53 Å². The number of anilines is 1. The minimum absolute atomic E-state index is 0.268. The lowest BCUT2D eigenvalue weighted by molar-refractivity contribution is 0.0397. The first kappa shape index (κ1) is 12.4. The van der Waals surface area contributed by atoms with E-state index in [0.717, 1.165) is 5.92 Å². The fourth-order valence-corrected chi connectivity index (χ4v) is 3.17. The van der Waals surface area contributed by atoms with Crippen LogP contribution >= 0.6 is 11.3 Å². The Hall–Kier alpha value is -1.03. The number of thiophene rings is 1. The van der Waals surface area contributed by atoms with Crippen molar-refractivity contribution in [3.8, 4) is 0 Å². The van der Waals surface area contributed by atoms with Crippen LogP contribution in [0.2, 0.25) is 0 Å². The maximum absolute atomic E-state index is 11.8. The first-order valence-electron chi connectivity index (χ1n) is 6.17. The minimum atomic E-state index is -0.268. The van der Waals surface area contributed by atoms with E-state index in [1.54, 1.807) is 6.07 Å². The highest BCUT2D eigenvalue weighted by Crippen LogP contribution is 2.29. The van der Waals surface area contributed by atoms with Crippen molar-refractivity contribution in [3.63, 3.8) is 0 Å². The van der Waals surface area contributed by atoms with E-state index in [-0.39, 0.29) is 5.97 Å². The predicted molar refractivity (Wildman–Crippen MR) is 70.1 cm³/mol. The molecule has 2 atom stereocenters. The Morgan fingerprint density at radius 2 is 2.41 bits per heavy atom. The molecular weight excluding hydrogens is 234 g/mol. The molecule has 0 amide bonds. The summed E-state index contributed by atoms with van der Waals surface area (Å²) in [7, 11) is 0. The largest absolute Gasteiger partial charge is 0.461 e. The van der Waals surface area contributed by atoms with Crippen LogP contribution in [0.5, 0.6) is 0 Å². The summed E-state index contributed by atoms with van der Waals surface area (Å²) in [5.41, 5.74) is 6.21. The van der Waals surface area contributed by atoms with Gasteiger partial charge in [-0.2, -0.15) is 0 Å². The van der Waals surface area contributed by atoms with Crippen LogP contribution in [0.1, 0.15) is 42.3 Å². The fraction of sp³-hybridized carbons (Fsp3) is 0.615. The van der Waals surface area contributed by atoms with Gasteiger partial charge in [0.1, 0.15) is 4.88 Å². The molecule has 1 heterocycles. The summed E-state index contributed by atoms with van der Waals surface area (Å²) >= 11 is 1.35. The molecule has 0 radical (unpaired) electrons. The smallest absolute Gasteiger partial charge is 0.350 e. The first-order valence-corrected chi connectivity index (χ1v) is 7.05. The van der Waals surface area contributed by atoms with Crippen molar-refractivity contribution in [3.05, 3.63) is 16.3 Å². The van der Waals surface area contributed by atoms with Gasteiger partial charge in [0.15, 0.2) is 0 Å². The lowest BCUT2D eigenvalue weighted by Crippen LogP contribution is -2.20. The average molecular weight is 253 g/mol. The summed E-state index contributed by atoms with van der Waals surface area (Å²) in [6.07, 6.45) is 4.91. The Bertz CT molecular complexity index is 389. The molecule has 1 aromatic rings. The highest BCUT2D eigenvalue weighted by molar-refractivity contribution is 7.12. The zero-order chi connectivity index (χ0) is 12.3. The number of carbonyl (C=O) groups excluding carboxylic acids is 1. The molecule has 2 unspecified atom stereocenters. The van der Waals surface area contributed by atoms with Crippen LogP contribution in [-0.2, 0) is 4.74 Å². The molecule has 1 saturated carbocycles. The molecule has 1 fully saturated rings. The zero-order valence-electron chi connectivity index (χ0n) is 10.1. The SMILES string of the molecule is CC1CCCC(COC(=O)c2sccc2N)C1. The van der Waals surface area contributed by atoms with E-state index in [1.807, 2.05) is 5.38 Å². The lowest BCUT2D eigenvalue weighted by Gasteiger charge is -2.26. The predicted octanol–water partition coefficient (Wildman–Crippen LogP) is 3.31. The molecule has 1 aliphatic rings. The van der Waals surface area contributed by atoms with Gasteiger partial charge in [0.2, 0.25) is 0 Å².